The summed E-state index contributed by atoms with van der Waals surface area (Å²) in [7, 11) is 0. The molecule has 0 saturated carbocycles. The van der Waals surface area contributed by atoms with Gasteiger partial charge in [0.15, 0.2) is 6.10 Å². The van der Waals surface area contributed by atoms with Crippen LogP contribution >= 0.6 is 11.6 Å². The van der Waals surface area contributed by atoms with Crippen LogP contribution in [0.4, 0.5) is 4.39 Å². The van der Waals surface area contributed by atoms with Crippen molar-refractivity contribution in [3.05, 3.63) is 28.8 Å². The molecule has 15 heavy (non-hydrogen) atoms. The van der Waals surface area contributed by atoms with Gasteiger partial charge in [0.25, 0.3) is 0 Å². The van der Waals surface area contributed by atoms with Gasteiger partial charge in [0, 0.05) is 11.8 Å². The smallest absolute Gasteiger partial charge is 0.335 e. The standard InChI is InChI=1S/C8H7ClFNO4/c9-3-1-4(7(10)11-2-3)5(12)6(13)8(14)15/h1-2,5-6,12-13H,(H,14,15). The summed E-state index contributed by atoms with van der Waals surface area (Å²) >= 11 is 5.48. The molecule has 0 spiro atoms. The van der Waals surface area contributed by atoms with Crippen LogP contribution in [-0.2, 0) is 4.79 Å². The molecular formula is C8H7ClFNO4. The van der Waals surface area contributed by atoms with Crippen LogP contribution in [0.2, 0.25) is 5.02 Å². The summed E-state index contributed by atoms with van der Waals surface area (Å²) in [4.78, 5) is 13.5. The molecule has 0 amide bonds. The lowest BCUT2D eigenvalue weighted by Crippen LogP contribution is -2.28. The molecule has 1 aromatic heterocycles. The van der Waals surface area contributed by atoms with Gasteiger partial charge in [-0.15, -0.1) is 0 Å². The lowest BCUT2D eigenvalue weighted by Gasteiger charge is -2.14. The minimum Gasteiger partial charge on any atom is -0.479 e. The van der Waals surface area contributed by atoms with Gasteiger partial charge in [0.1, 0.15) is 6.10 Å². The SMILES string of the molecule is O=C(O)C(O)C(O)c1cc(Cl)cnc1F. The van der Waals surface area contributed by atoms with E-state index in [1.807, 2.05) is 0 Å². The fourth-order valence-electron chi connectivity index (χ4n) is 0.951. The average Bonchev–Trinajstić information content (AvgIpc) is 2.19. The summed E-state index contributed by atoms with van der Waals surface area (Å²) < 4.78 is 13.0. The lowest BCUT2D eigenvalue weighted by atomic mass is 10.1. The van der Waals surface area contributed by atoms with Crippen molar-refractivity contribution in [3.63, 3.8) is 0 Å². The van der Waals surface area contributed by atoms with Crippen LogP contribution in [0.25, 0.3) is 0 Å². The summed E-state index contributed by atoms with van der Waals surface area (Å²) in [5.41, 5.74) is -0.461. The van der Waals surface area contributed by atoms with Crippen molar-refractivity contribution in [1.82, 2.24) is 4.98 Å². The van der Waals surface area contributed by atoms with E-state index < -0.39 is 29.7 Å². The van der Waals surface area contributed by atoms with Crippen LogP contribution in [-0.4, -0.2) is 32.4 Å². The largest absolute Gasteiger partial charge is 0.479 e. The Morgan fingerprint density at radius 2 is 2.13 bits per heavy atom. The first-order chi connectivity index (χ1) is 6.93. The first-order valence-corrected chi connectivity index (χ1v) is 4.21. The van der Waals surface area contributed by atoms with E-state index in [9.17, 15) is 14.3 Å². The Bertz CT molecular complexity index is 387. The van der Waals surface area contributed by atoms with Crippen LogP contribution in [0.3, 0.4) is 0 Å². The molecular weight excluding hydrogens is 229 g/mol. The molecule has 0 radical (unpaired) electrons. The van der Waals surface area contributed by atoms with E-state index in [0.29, 0.717) is 0 Å². The Labute approximate surface area is 88.8 Å². The fourth-order valence-corrected chi connectivity index (χ4v) is 1.12. The highest BCUT2D eigenvalue weighted by molar-refractivity contribution is 6.30. The Balaban J connectivity index is 3.04. The van der Waals surface area contributed by atoms with Crippen molar-refractivity contribution >= 4 is 17.6 Å². The maximum Gasteiger partial charge on any atom is 0.335 e. The monoisotopic (exact) mass is 235 g/mol. The molecule has 1 aromatic rings. The number of pyridine rings is 1. The van der Waals surface area contributed by atoms with Gasteiger partial charge in [-0.25, -0.2) is 9.78 Å². The number of nitrogens with zero attached hydrogens (tertiary/aromatic N) is 1. The van der Waals surface area contributed by atoms with E-state index in [1.165, 1.54) is 0 Å². The number of carboxylic acid groups (broad SMARTS) is 1. The Morgan fingerprint density at radius 1 is 1.53 bits per heavy atom. The van der Waals surface area contributed by atoms with Crippen molar-refractivity contribution in [3.8, 4) is 0 Å². The van der Waals surface area contributed by atoms with Gasteiger partial charge in [-0.05, 0) is 6.07 Å². The zero-order valence-electron chi connectivity index (χ0n) is 7.26. The minimum atomic E-state index is -2.13. The van der Waals surface area contributed by atoms with Gasteiger partial charge in [-0.3, -0.25) is 0 Å². The van der Waals surface area contributed by atoms with E-state index in [-0.39, 0.29) is 5.02 Å². The molecule has 0 aliphatic carbocycles. The lowest BCUT2D eigenvalue weighted by molar-refractivity contribution is -0.153. The van der Waals surface area contributed by atoms with Gasteiger partial charge >= 0.3 is 5.97 Å². The first kappa shape index (κ1) is 11.8. The third-order valence-corrected chi connectivity index (χ3v) is 1.91. The molecule has 0 fully saturated rings. The third kappa shape index (κ3) is 2.62. The van der Waals surface area contributed by atoms with Crippen LogP contribution < -0.4 is 0 Å². The number of rotatable bonds is 3. The van der Waals surface area contributed by atoms with Crippen LogP contribution in [0.15, 0.2) is 12.3 Å². The number of hydrogen-bond donors (Lipinski definition) is 3. The molecule has 2 unspecified atom stereocenters. The van der Waals surface area contributed by atoms with E-state index in [4.69, 9.17) is 21.8 Å². The predicted octanol–water partition coefficient (Wildman–Crippen LogP) is 0.353. The van der Waals surface area contributed by atoms with Crippen LogP contribution in [0, 0.1) is 5.95 Å². The number of hydrogen-bond acceptors (Lipinski definition) is 4. The van der Waals surface area contributed by atoms with E-state index in [0.717, 1.165) is 12.3 Å². The summed E-state index contributed by atoms with van der Waals surface area (Å²) in [5.74, 6) is -2.74. The summed E-state index contributed by atoms with van der Waals surface area (Å²) in [6.45, 7) is 0. The van der Waals surface area contributed by atoms with Gasteiger partial charge in [-0.2, -0.15) is 4.39 Å². The molecule has 0 aliphatic heterocycles. The van der Waals surface area contributed by atoms with E-state index in [2.05, 4.69) is 4.98 Å². The Morgan fingerprint density at radius 3 is 2.67 bits per heavy atom. The number of carbonyl (C=O) groups is 1. The highest BCUT2D eigenvalue weighted by atomic mass is 35.5. The number of aliphatic hydroxyl groups is 2. The second kappa shape index (κ2) is 4.52. The second-order valence-electron chi connectivity index (χ2n) is 2.76. The van der Waals surface area contributed by atoms with Crippen LogP contribution in [0.5, 0.6) is 0 Å². The minimum absolute atomic E-state index is 0.0306. The van der Waals surface area contributed by atoms with Crippen molar-refractivity contribution in [2.75, 3.05) is 0 Å². The van der Waals surface area contributed by atoms with Crippen molar-refractivity contribution in [1.29, 1.82) is 0 Å². The quantitative estimate of drug-likeness (QED) is 0.658. The molecule has 5 nitrogen and oxygen atoms in total. The molecule has 0 bridgehead atoms. The Kier molecular flexibility index (Phi) is 3.57. The van der Waals surface area contributed by atoms with Crippen molar-refractivity contribution in [2.45, 2.75) is 12.2 Å². The average molecular weight is 236 g/mol. The summed E-state index contributed by atoms with van der Waals surface area (Å²) in [5, 5.41) is 26.7. The number of aliphatic hydroxyl groups excluding tert-OH is 2. The van der Waals surface area contributed by atoms with Gasteiger partial charge in [-0.1, -0.05) is 11.6 Å². The highest BCUT2D eigenvalue weighted by Crippen LogP contribution is 2.22. The zero-order valence-corrected chi connectivity index (χ0v) is 8.02. The molecule has 0 aromatic carbocycles. The number of carboxylic acids is 1. The molecule has 0 aliphatic rings. The van der Waals surface area contributed by atoms with Gasteiger partial charge < -0.3 is 15.3 Å². The van der Waals surface area contributed by atoms with Gasteiger partial charge in [0.2, 0.25) is 5.95 Å². The molecule has 0 saturated heterocycles. The molecule has 1 rings (SSSR count). The fraction of sp³-hybridized carbons (Fsp3) is 0.250. The summed E-state index contributed by atoms with van der Waals surface area (Å²) in [6.07, 6.45) is -3.03. The van der Waals surface area contributed by atoms with Crippen molar-refractivity contribution in [2.24, 2.45) is 0 Å². The second-order valence-corrected chi connectivity index (χ2v) is 3.20. The predicted molar refractivity (Wildman–Crippen MR) is 47.8 cm³/mol. The summed E-state index contributed by atoms with van der Waals surface area (Å²) in [6, 6.07) is 1.00. The van der Waals surface area contributed by atoms with Crippen LogP contribution in [0.1, 0.15) is 11.7 Å². The van der Waals surface area contributed by atoms with Gasteiger partial charge in [0.05, 0.1) is 5.02 Å². The number of aliphatic carboxylic acids is 1. The number of halogens is 2. The molecule has 1 heterocycles. The maximum absolute atomic E-state index is 13.0. The van der Waals surface area contributed by atoms with E-state index in [1.54, 1.807) is 0 Å². The van der Waals surface area contributed by atoms with Crippen molar-refractivity contribution < 1.29 is 24.5 Å². The third-order valence-electron chi connectivity index (χ3n) is 1.70. The van der Waals surface area contributed by atoms with E-state index >= 15 is 0 Å². The molecule has 3 N–H and O–H groups in total. The normalized spacial score (nSPS) is 14.7. The topological polar surface area (TPSA) is 90.7 Å². The Hall–Kier alpha value is -1.24. The zero-order chi connectivity index (χ0) is 11.6. The maximum atomic E-state index is 13.0. The molecule has 7 heteroatoms. The first-order valence-electron chi connectivity index (χ1n) is 3.83. The number of aromatic nitrogens is 1. The highest BCUT2D eigenvalue weighted by Gasteiger charge is 2.28. The molecule has 2 atom stereocenters. The molecule has 82 valence electrons.